The molecule has 0 aliphatic carbocycles. The van der Waals surface area contributed by atoms with Crippen molar-refractivity contribution in [1.29, 1.82) is 0 Å². The lowest BCUT2D eigenvalue weighted by molar-refractivity contribution is 0.421. The molecule has 0 radical (unpaired) electrons. The number of halogens is 2. The number of nitrogens with zero attached hydrogens (tertiary/aromatic N) is 2. The predicted molar refractivity (Wildman–Crippen MR) is 78.0 cm³/mol. The summed E-state index contributed by atoms with van der Waals surface area (Å²) < 4.78 is 20.0. The Labute approximate surface area is 124 Å². The van der Waals surface area contributed by atoms with Crippen molar-refractivity contribution in [3.05, 3.63) is 40.4 Å². The molecule has 0 unspecified atom stereocenters. The zero-order valence-corrected chi connectivity index (χ0v) is 12.4. The Hall–Kier alpha value is -1.73. The van der Waals surface area contributed by atoms with Crippen LogP contribution in [0.15, 0.2) is 29.0 Å². The predicted octanol–water partition coefficient (Wildman–Crippen LogP) is 3.41. The van der Waals surface area contributed by atoms with Gasteiger partial charge in [-0.1, -0.05) is 29.3 Å². The summed E-state index contributed by atoms with van der Waals surface area (Å²) in [6.07, 6.45) is 2.85. The average molecular weight is 341 g/mol. The summed E-state index contributed by atoms with van der Waals surface area (Å²) in [6.45, 7) is 2.01. The van der Waals surface area contributed by atoms with Crippen LogP contribution in [0.3, 0.4) is 0 Å². The first-order valence-electron chi connectivity index (χ1n) is 6.09. The van der Waals surface area contributed by atoms with Crippen LogP contribution < -0.4 is 16.0 Å². The second-order valence-electron chi connectivity index (χ2n) is 4.08. The van der Waals surface area contributed by atoms with E-state index in [1.807, 2.05) is 6.92 Å². The molecule has 20 heavy (non-hydrogen) atoms. The van der Waals surface area contributed by atoms with Crippen molar-refractivity contribution in [3.63, 3.8) is 0 Å². The molecule has 0 spiro atoms. The van der Waals surface area contributed by atoms with E-state index in [9.17, 15) is 4.39 Å². The first-order valence-corrected chi connectivity index (χ1v) is 6.88. The van der Waals surface area contributed by atoms with Gasteiger partial charge < -0.3 is 10.2 Å². The number of hydrogen-bond donors (Lipinski definition) is 2. The topological polar surface area (TPSA) is 73.1 Å². The molecule has 7 heteroatoms. The van der Waals surface area contributed by atoms with Crippen LogP contribution in [-0.2, 0) is 6.42 Å². The number of ether oxygens (including phenoxy) is 1. The molecule has 0 aliphatic heterocycles. The van der Waals surface area contributed by atoms with E-state index in [0.29, 0.717) is 18.1 Å². The summed E-state index contributed by atoms with van der Waals surface area (Å²) in [5, 5.41) is 0. The van der Waals surface area contributed by atoms with Gasteiger partial charge in [-0.25, -0.2) is 20.2 Å². The standard InChI is InChI=1S/C13H14BrFN4O/c1-2-3-9-12(19-16)17-7-18-13(9)20-11-6-8(14)4-5-10(11)15/h4-7H,2-3,16H2,1H3,(H,17,18,19). The molecule has 0 amide bonds. The van der Waals surface area contributed by atoms with Crippen LogP contribution in [0.1, 0.15) is 18.9 Å². The maximum atomic E-state index is 13.7. The Balaban J connectivity index is 2.39. The van der Waals surface area contributed by atoms with E-state index in [1.165, 1.54) is 12.4 Å². The molecule has 0 saturated heterocycles. The molecule has 5 nitrogen and oxygen atoms in total. The van der Waals surface area contributed by atoms with Crippen LogP contribution in [-0.4, -0.2) is 9.97 Å². The maximum Gasteiger partial charge on any atom is 0.227 e. The Morgan fingerprint density at radius 1 is 1.40 bits per heavy atom. The molecule has 106 valence electrons. The van der Waals surface area contributed by atoms with Crippen LogP contribution in [0.4, 0.5) is 10.2 Å². The van der Waals surface area contributed by atoms with Gasteiger partial charge in [0.1, 0.15) is 12.1 Å². The lowest BCUT2D eigenvalue weighted by atomic mass is 10.2. The smallest absolute Gasteiger partial charge is 0.227 e. The van der Waals surface area contributed by atoms with Crippen LogP contribution in [0.5, 0.6) is 11.6 Å². The molecule has 0 aliphatic rings. The second-order valence-corrected chi connectivity index (χ2v) is 4.99. The number of nitrogen functional groups attached to an aromatic ring is 1. The van der Waals surface area contributed by atoms with Crippen LogP contribution in [0, 0.1) is 5.82 Å². The minimum absolute atomic E-state index is 0.0957. The average Bonchev–Trinajstić information content (AvgIpc) is 2.45. The van der Waals surface area contributed by atoms with Gasteiger partial charge in [-0.15, -0.1) is 0 Å². The number of nitrogens with two attached hydrogens (primary N) is 1. The summed E-state index contributed by atoms with van der Waals surface area (Å²) in [4.78, 5) is 8.09. The lowest BCUT2D eigenvalue weighted by Crippen LogP contribution is -2.12. The summed E-state index contributed by atoms with van der Waals surface area (Å²) in [6, 6.07) is 4.47. The second kappa shape index (κ2) is 6.62. The fourth-order valence-corrected chi connectivity index (χ4v) is 2.08. The fraction of sp³-hybridized carbons (Fsp3) is 0.231. The van der Waals surface area contributed by atoms with Crippen molar-refractivity contribution in [2.75, 3.05) is 5.43 Å². The minimum Gasteiger partial charge on any atom is -0.435 e. The SMILES string of the molecule is CCCc1c(NN)ncnc1Oc1cc(Br)ccc1F. The quantitative estimate of drug-likeness (QED) is 0.644. The molecule has 0 atom stereocenters. The van der Waals surface area contributed by atoms with Gasteiger partial charge in [-0.05, 0) is 24.6 Å². The molecule has 1 aromatic heterocycles. The van der Waals surface area contributed by atoms with Gasteiger partial charge in [0.15, 0.2) is 11.6 Å². The number of benzene rings is 1. The zero-order valence-electron chi connectivity index (χ0n) is 10.9. The highest BCUT2D eigenvalue weighted by atomic mass is 79.9. The number of hydrogen-bond acceptors (Lipinski definition) is 5. The highest BCUT2D eigenvalue weighted by molar-refractivity contribution is 9.10. The first-order chi connectivity index (χ1) is 9.65. The van der Waals surface area contributed by atoms with E-state index in [-0.39, 0.29) is 5.75 Å². The largest absolute Gasteiger partial charge is 0.435 e. The third-order valence-electron chi connectivity index (χ3n) is 2.64. The molecule has 2 aromatic rings. The zero-order chi connectivity index (χ0) is 14.5. The van der Waals surface area contributed by atoms with E-state index in [1.54, 1.807) is 12.1 Å². The molecule has 3 N–H and O–H groups in total. The van der Waals surface area contributed by atoms with Gasteiger partial charge >= 0.3 is 0 Å². The summed E-state index contributed by atoms with van der Waals surface area (Å²) >= 11 is 3.28. The molecular weight excluding hydrogens is 327 g/mol. The highest BCUT2D eigenvalue weighted by Gasteiger charge is 2.14. The fourth-order valence-electron chi connectivity index (χ4n) is 1.74. The Morgan fingerprint density at radius 3 is 2.90 bits per heavy atom. The number of nitrogens with one attached hydrogen (secondary N) is 1. The first kappa shape index (κ1) is 14.7. The van der Waals surface area contributed by atoms with Gasteiger partial charge in [0.2, 0.25) is 5.88 Å². The summed E-state index contributed by atoms with van der Waals surface area (Å²) in [5.41, 5.74) is 3.22. The van der Waals surface area contributed by atoms with Crippen molar-refractivity contribution in [2.45, 2.75) is 19.8 Å². The van der Waals surface area contributed by atoms with Crippen molar-refractivity contribution < 1.29 is 9.13 Å². The number of rotatable bonds is 5. The molecule has 0 saturated carbocycles. The van der Waals surface area contributed by atoms with Gasteiger partial charge in [0.05, 0.1) is 5.56 Å². The number of anilines is 1. The van der Waals surface area contributed by atoms with Crippen LogP contribution in [0.25, 0.3) is 0 Å². The minimum atomic E-state index is -0.462. The third kappa shape index (κ3) is 3.23. The van der Waals surface area contributed by atoms with Crippen molar-refractivity contribution in [2.24, 2.45) is 5.84 Å². The maximum absolute atomic E-state index is 13.7. The van der Waals surface area contributed by atoms with Crippen LogP contribution in [0.2, 0.25) is 0 Å². The molecule has 1 heterocycles. The highest BCUT2D eigenvalue weighted by Crippen LogP contribution is 2.30. The Bertz CT molecular complexity index is 609. The third-order valence-corrected chi connectivity index (χ3v) is 3.14. The van der Waals surface area contributed by atoms with E-state index in [0.717, 1.165) is 16.5 Å². The van der Waals surface area contributed by atoms with Gasteiger partial charge in [-0.2, -0.15) is 0 Å². The molecular formula is C13H14BrFN4O. The van der Waals surface area contributed by atoms with Crippen molar-refractivity contribution in [3.8, 4) is 11.6 Å². The normalized spacial score (nSPS) is 10.4. The van der Waals surface area contributed by atoms with Gasteiger partial charge in [-0.3, -0.25) is 0 Å². The van der Waals surface area contributed by atoms with Crippen LogP contribution >= 0.6 is 15.9 Å². The molecule has 0 fully saturated rings. The monoisotopic (exact) mass is 340 g/mol. The molecule has 1 aromatic carbocycles. The molecule has 2 rings (SSSR count). The molecule has 0 bridgehead atoms. The van der Waals surface area contributed by atoms with E-state index < -0.39 is 5.82 Å². The van der Waals surface area contributed by atoms with Crippen molar-refractivity contribution >= 4 is 21.7 Å². The van der Waals surface area contributed by atoms with E-state index >= 15 is 0 Å². The van der Waals surface area contributed by atoms with E-state index in [2.05, 4.69) is 31.3 Å². The number of hydrazine groups is 1. The lowest BCUT2D eigenvalue weighted by Gasteiger charge is -2.13. The van der Waals surface area contributed by atoms with E-state index in [4.69, 9.17) is 10.6 Å². The van der Waals surface area contributed by atoms with Gasteiger partial charge in [0, 0.05) is 4.47 Å². The van der Waals surface area contributed by atoms with Crippen molar-refractivity contribution in [1.82, 2.24) is 9.97 Å². The Morgan fingerprint density at radius 2 is 2.20 bits per heavy atom. The Kier molecular flexibility index (Phi) is 4.86. The summed E-state index contributed by atoms with van der Waals surface area (Å²) in [7, 11) is 0. The summed E-state index contributed by atoms with van der Waals surface area (Å²) in [5.74, 6) is 5.83. The number of aromatic nitrogens is 2. The van der Waals surface area contributed by atoms with Gasteiger partial charge in [0.25, 0.3) is 0 Å².